The predicted molar refractivity (Wildman–Crippen MR) is 101 cm³/mol. The number of benzene rings is 1. The fraction of sp³-hybridized carbons (Fsp3) is 0.474. The van der Waals surface area contributed by atoms with E-state index in [1.807, 2.05) is 24.3 Å². The Morgan fingerprint density at radius 1 is 1.15 bits per heavy atom. The van der Waals surface area contributed by atoms with E-state index in [1.54, 1.807) is 32.3 Å². The minimum absolute atomic E-state index is 0.0483. The molecule has 140 valence electrons. The van der Waals surface area contributed by atoms with Crippen molar-refractivity contribution in [1.29, 1.82) is 0 Å². The molecule has 1 aromatic carbocycles. The lowest BCUT2D eigenvalue weighted by atomic mass is 9.96. The minimum Gasteiger partial charge on any atom is -0.355 e. The second-order valence-electron chi connectivity index (χ2n) is 7.28. The van der Waals surface area contributed by atoms with E-state index in [0.717, 1.165) is 11.0 Å². The molecule has 0 saturated heterocycles. The molecule has 0 fully saturated rings. The van der Waals surface area contributed by atoms with Crippen LogP contribution in [-0.2, 0) is 16.1 Å². The number of aromatic nitrogens is 2. The van der Waals surface area contributed by atoms with Crippen LogP contribution in [0.15, 0.2) is 29.1 Å². The highest BCUT2D eigenvalue weighted by molar-refractivity contribution is 5.87. The fourth-order valence-corrected chi connectivity index (χ4v) is 2.50. The number of hydrogen-bond acceptors (Lipinski definition) is 4. The Bertz CT molecular complexity index is 865. The molecule has 2 aromatic rings. The molecule has 0 radical (unpaired) electrons. The van der Waals surface area contributed by atoms with Crippen LogP contribution in [0, 0.1) is 12.3 Å². The smallest absolute Gasteiger partial charge is 0.272 e. The molecule has 0 saturated carbocycles. The van der Waals surface area contributed by atoms with Gasteiger partial charge in [-0.05, 0) is 25.5 Å². The summed E-state index contributed by atoms with van der Waals surface area (Å²) < 4.78 is 1.69. The molecule has 2 rings (SSSR count). The van der Waals surface area contributed by atoms with Gasteiger partial charge in [0.25, 0.3) is 5.56 Å². The number of hydrogen-bond donors (Lipinski definition) is 2. The Balaban J connectivity index is 1.88. The molecule has 2 N–H and O–H groups in total. The van der Waals surface area contributed by atoms with E-state index < -0.39 is 5.41 Å². The summed E-state index contributed by atoms with van der Waals surface area (Å²) in [6.07, 6.45) is 0.603. The number of nitrogens with one attached hydrogen (secondary N) is 2. The van der Waals surface area contributed by atoms with Crippen LogP contribution in [0.5, 0.6) is 0 Å². The average molecular weight is 358 g/mol. The van der Waals surface area contributed by atoms with Crippen molar-refractivity contribution in [3.63, 3.8) is 0 Å². The van der Waals surface area contributed by atoms with Crippen LogP contribution in [0.1, 0.15) is 32.9 Å². The Kier molecular flexibility index (Phi) is 6.13. The molecule has 0 unspecified atom stereocenters. The summed E-state index contributed by atoms with van der Waals surface area (Å²) in [4.78, 5) is 40.2. The normalized spacial score (nSPS) is 11.4. The van der Waals surface area contributed by atoms with Crippen molar-refractivity contribution in [2.24, 2.45) is 5.41 Å². The second kappa shape index (κ2) is 8.12. The summed E-state index contributed by atoms with van der Waals surface area (Å²) in [6, 6.07) is 7.49. The average Bonchev–Trinajstić information content (AvgIpc) is 2.58. The fourth-order valence-electron chi connectivity index (χ4n) is 2.50. The Morgan fingerprint density at radius 2 is 1.85 bits per heavy atom. The van der Waals surface area contributed by atoms with Crippen molar-refractivity contribution < 1.29 is 9.59 Å². The standard InChI is InChI=1S/C19H26N4O3/c1-13-17(25)23(15-9-6-5-8-14(15)22-13)11-7-10-20-16(24)12-21-18(26)19(2,3)4/h5-6,8-9H,7,10-12H2,1-4H3,(H,20,24)(H,21,26). The van der Waals surface area contributed by atoms with Gasteiger partial charge in [-0.1, -0.05) is 32.9 Å². The third-order valence-electron chi connectivity index (χ3n) is 3.99. The summed E-state index contributed by atoms with van der Waals surface area (Å²) in [6.45, 7) is 7.93. The first-order chi connectivity index (χ1) is 12.2. The van der Waals surface area contributed by atoms with Crippen LogP contribution in [0.25, 0.3) is 11.0 Å². The van der Waals surface area contributed by atoms with Crippen molar-refractivity contribution in [2.45, 2.75) is 40.7 Å². The maximum atomic E-state index is 12.3. The zero-order valence-electron chi connectivity index (χ0n) is 15.8. The SMILES string of the molecule is Cc1nc2ccccc2n(CCCNC(=O)CNC(=O)C(C)(C)C)c1=O. The van der Waals surface area contributed by atoms with Crippen LogP contribution in [-0.4, -0.2) is 34.5 Å². The van der Waals surface area contributed by atoms with E-state index in [2.05, 4.69) is 15.6 Å². The van der Waals surface area contributed by atoms with Crippen LogP contribution >= 0.6 is 0 Å². The quantitative estimate of drug-likeness (QED) is 0.763. The maximum absolute atomic E-state index is 12.3. The lowest BCUT2D eigenvalue weighted by Gasteiger charge is -2.17. The number of carbonyl (C=O) groups is 2. The number of carbonyl (C=O) groups excluding carboxylic acids is 2. The van der Waals surface area contributed by atoms with Gasteiger partial charge in [0.1, 0.15) is 5.69 Å². The first kappa shape index (κ1) is 19.6. The van der Waals surface area contributed by atoms with Crippen LogP contribution in [0.3, 0.4) is 0 Å². The third-order valence-corrected chi connectivity index (χ3v) is 3.99. The van der Waals surface area contributed by atoms with Crippen molar-refractivity contribution in [2.75, 3.05) is 13.1 Å². The minimum atomic E-state index is -0.526. The van der Waals surface area contributed by atoms with Crippen LogP contribution < -0.4 is 16.2 Å². The summed E-state index contributed by atoms with van der Waals surface area (Å²) >= 11 is 0. The van der Waals surface area contributed by atoms with Crippen molar-refractivity contribution >= 4 is 22.8 Å². The van der Waals surface area contributed by atoms with Gasteiger partial charge in [0, 0.05) is 18.5 Å². The van der Waals surface area contributed by atoms with E-state index in [0.29, 0.717) is 25.2 Å². The van der Waals surface area contributed by atoms with Crippen LogP contribution in [0.2, 0.25) is 0 Å². The molecule has 2 amide bonds. The monoisotopic (exact) mass is 358 g/mol. The molecule has 0 atom stereocenters. The zero-order valence-corrected chi connectivity index (χ0v) is 15.8. The number of rotatable bonds is 6. The predicted octanol–water partition coefficient (Wildman–Crippen LogP) is 1.37. The summed E-state index contributed by atoms with van der Waals surface area (Å²) in [7, 11) is 0. The second-order valence-corrected chi connectivity index (χ2v) is 7.28. The Labute approximate surface area is 152 Å². The number of aryl methyl sites for hydroxylation is 2. The topological polar surface area (TPSA) is 93.1 Å². The first-order valence-corrected chi connectivity index (χ1v) is 8.71. The molecule has 26 heavy (non-hydrogen) atoms. The lowest BCUT2D eigenvalue weighted by molar-refractivity contribution is -0.131. The van der Waals surface area contributed by atoms with E-state index in [9.17, 15) is 14.4 Å². The van der Waals surface area contributed by atoms with Gasteiger partial charge >= 0.3 is 0 Å². The number of fused-ring (bicyclic) bond motifs is 1. The van der Waals surface area contributed by atoms with Gasteiger partial charge in [0.2, 0.25) is 11.8 Å². The zero-order chi connectivity index (χ0) is 19.3. The maximum Gasteiger partial charge on any atom is 0.272 e. The molecule has 1 aromatic heterocycles. The molecular weight excluding hydrogens is 332 g/mol. The van der Waals surface area contributed by atoms with E-state index in [-0.39, 0.29) is 23.9 Å². The van der Waals surface area contributed by atoms with Crippen molar-refractivity contribution in [3.8, 4) is 0 Å². The number of amides is 2. The third kappa shape index (κ3) is 4.91. The highest BCUT2D eigenvalue weighted by atomic mass is 16.2. The van der Waals surface area contributed by atoms with Gasteiger partial charge in [-0.2, -0.15) is 0 Å². The molecular formula is C19H26N4O3. The van der Waals surface area contributed by atoms with Gasteiger partial charge in [-0.25, -0.2) is 4.98 Å². The largest absolute Gasteiger partial charge is 0.355 e. The molecule has 1 heterocycles. The molecule has 0 bridgehead atoms. The lowest BCUT2D eigenvalue weighted by Crippen LogP contribution is -2.42. The van der Waals surface area contributed by atoms with E-state index in [1.165, 1.54) is 0 Å². The Morgan fingerprint density at radius 3 is 2.54 bits per heavy atom. The van der Waals surface area contributed by atoms with Gasteiger partial charge in [0.05, 0.1) is 17.6 Å². The Hall–Kier alpha value is -2.70. The molecule has 7 heteroatoms. The molecule has 7 nitrogen and oxygen atoms in total. The van der Waals surface area contributed by atoms with E-state index >= 15 is 0 Å². The highest BCUT2D eigenvalue weighted by Crippen LogP contribution is 2.12. The van der Waals surface area contributed by atoms with Crippen LogP contribution in [0.4, 0.5) is 0 Å². The van der Waals surface area contributed by atoms with E-state index in [4.69, 9.17) is 0 Å². The number of nitrogens with zero attached hydrogens (tertiary/aromatic N) is 2. The first-order valence-electron chi connectivity index (χ1n) is 8.71. The summed E-state index contributed by atoms with van der Waals surface area (Å²) in [5, 5.41) is 5.36. The summed E-state index contributed by atoms with van der Waals surface area (Å²) in [5.74, 6) is -0.413. The highest BCUT2D eigenvalue weighted by Gasteiger charge is 2.21. The van der Waals surface area contributed by atoms with Crippen molar-refractivity contribution in [3.05, 3.63) is 40.3 Å². The van der Waals surface area contributed by atoms with Gasteiger partial charge in [0.15, 0.2) is 0 Å². The van der Waals surface area contributed by atoms with Gasteiger partial charge < -0.3 is 15.2 Å². The van der Waals surface area contributed by atoms with Crippen molar-refractivity contribution in [1.82, 2.24) is 20.2 Å². The number of para-hydroxylation sites is 2. The van der Waals surface area contributed by atoms with Gasteiger partial charge in [-0.3, -0.25) is 14.4 Å². The molecule has 0 aliphatic rings. The van der Waals surface area contributed by atoms with Gasteiger partial charge in [-0.15, -0.1) is 0 Å². The molecule has 0 aliphatic heterocycles. The molecule has 0 aliphatic carbocycles. The molecule has 0 spiro atoms. The summed E-state index contributed by atoms with van der Waals surface area (Å²) in [5.41, 5.74) is 1.37.